The highest BCUT2D eigenvalue weighted by Crippen LogP contribution is 2.32. The Balaban J connectivity index is 1.85. The van der Waals surface area contributed by atoms with Gasteiger partial charge in [-0.25, -0.2) is 0 Å². The first-order valence-corrected chi connectivity index (χ1v) is 7.34. The largest absolute Gasteiger partial charge is 0.480 e. The van der Waals surface area contributed by atoms with Crippen molar-refractivity contribution in [3.63, 3.8) is 0 Å². The maximum absolute atomic E-state index is 11.0. The van der Waals surface area contributed by atoms with Crippen molar-refractivity contribution in [2.45, 2.75) is 51.6 Å². The van der Waals surface area contributed by atoms with E-state index in [9.17, 15) is 4.79 Å². The van der Waals surface area contributed by atoms with E-state index in [2.05, 4.69) is 16.7 Å². The summed E-state index contributed by atoms with van der Waals surface area (Å²) in [5, 5.41) is 9.04. The van der Waals surface area contributed by atoms with Crippen LogP contribution < -0.4 is 0 Å². The second-order valence-corrected chi connectivity index (χ2v) is 5.75. The Labute approximate surface area is 110 Å². The number of hydrogen-bond acceptors (Lipinski definition) is 3. The fourth-order valence-electron chi connectivity index (χ4n) is 3.59. The zero-order valence-electron chi connectivity index (χ0n) is 11.6. The van der Waals surface area contributed by atoms with Crippen molar-refractivity contribution in [1.29, 1.82) is 0 Å². The Kier molecular flexibility index (Phi) is 4.62. The van der Waals surface area contributed by atoms with E-state index in [1.54, 1.807) is 6.92 Å². The van der Waals surface area contributed by atoms with Crippen LogP contribution in [-0.2, 0) is 4.79 Å². The summed E-state index contributed by atoms with van der Waals surface area (Å²) < 4.78 is 0. The van der Waals surface area contributed by atoms with Gasteiger partial charge in [-0.05, 0) is 25.7 Å². The molecule has 0 radical (unpaired) electrons. The summed E-state index contributed by atoms with van der Waals surface area (Å²) in [5.74, 6) is 0.171. The number of carbonyl (C=O) groups is 1. The highest BCUT2D eigenvalue weighted by molar-refractivity contribution is 5.72. The molecule has 1 N–H and O–H groups in total. The third-order valence-corrected chi connectivity index (χ3v) is 4.87. The highest BCUT2D eigenvalue weighted by Gasteiger charge is 2.34. The zero-order chi connectivity index (χ0) is 13.1. The fraction of sp³-hybridized carbons (Fsp3) is 0.929. The number of carboxylic acids is 1. The molecule has 0 aromatic carbocycles. The summed E-state index contributed by atoms with van der Waals surface area (Å²) in [5.41, 5.74) is 0. The standard InChI is InChI=1S/C14H26N2O2/c1-3-12-5-4-6-13(12)16-9-7-15(8-10-16)11(2)14(17)18/h11-13H,3-10H2,1-2H3,(H,17,18). The molecule has 2 fully saturated rings. The molecule has 0 bridgehead atoms. The van der Waals surface area contributed by atoms with Gasteiger partial charge in [0.15, 0.2) is 0 Å². The molecule has 0 spiro atoms. The number of aliphatic carboxylic acids is 1. The van der Waals surface area contributed by atoms with Gasteiger partial charge in [0.1, 0.15) is 6.04 Å². The van der Waals surface area contributed by atoms with Gasteiger partial charge in [-0.2, -0.15) is 0 Å². The molecule has 4 nitrogen and oxygen atoms in total. The van der Waals surface area contributed by atoms with Crippen molar-refractivity contribution < 1.29 is 9.90 Å². The van der Waals surface area contributed by atoms with Crippen LogP contribution in [0.15, 0.2) is 0 Å². The normalized spacial score (nSPS) is 32.6. The summed E-state index contributed by atoms with van der Waals surface area (Å²) in [6.45, 7) is 7.98. The number of piperazine rings is 1. The van der Waals surface area contributed by atoms with Gasteiger partial charge in [-0.3, -0.25) is 14.6 Å². The molecule has 0 aromatic heterocycles. The Morgan fingerprint density at radius 3 is 2.50 bits per heavy atom. The third-order valence-electron chi connectivity index (χ3n) is 4.87. The molecule has 3 unspecified atom stereocenters. The molecule has 104 valence electrons. The van der Waals surface area contributed by atoms with Crippen LogP contribution in [0.3, 0.4) is 0 Å². The molecule has 3 atom stereocenters. The van der Waals surface area contributed by atoms with Crippen molar-refractivity contribution >= 4 is 5.97 Å². The number of carboxylic acid groups (broad SMARTS) is 1. The maximum Gasteiger partial charge on any atom is 0.320 e. The fourth-order valence-corrected chi connectivity index (χ4v) is 3.59. The Hall–Kier alpha value is -0.610. The maximum atomic E-state index is 11.0. The Morgan fingerprint density at radius 1 is 1.28 bits per heavy atom. The van der Waals surface area contributed by atoms with E-state index in [-0.39, 0.29) is 6.04 Å². The molecule has 1 saturated carbocycles. The average Bonchev–Trinajstić information content (AvgIpc) is 2.86. The van der Waals surface area contributed by atoms with Gasteiger partial charge in [0, 0.05) is 32.2 Å². The molecular formula is C14H26N2O2. The Bertz CT molecular complexity index is 288. The molecule has 1 heterocycles. The van der Waals surface area contributed by atoms with Crippen LogP contribution in [0.5, 0.6) is 0 Å². The van der Waals surface area contributed by atoms with Crippen molar-refractivity contribution in [2.24, 2.45) is 5.92 Å². The van der Waals surface area contributed by atoms with Crippen LogP contribution in [0.4, 0.5) is 0 Å². The molecule has 0 aromatic rings. The average molecular weight is 254 g/mol. The number of hydrogen-bond donors (Lipinski definition) is 1. The van der Waals surface area contributed by atoms with Crippen LogP contribution in [0, 0.1) is 5.92 Å². The summed E-state index contributed by atoms with van der Waals surface area (Å²) in [4.78, 5) is 15.7. The van der Waals surface area contributed by atoms with E-state index in [0.717, 1.165) is 38.1 Å². The molecule has 0 amide bonds. The minimum atomic E-state index is -0.698. The first-order valence-electron chi connectivity index (χ1n) is 7.34. The van der Waals surface area contributed by atoms with Crippen molar-refractivity contribution in [3.8, 4) is 0 Å². The van der Waals surface area contributed by atoms with E-state index in [0.29, 0.717) is 0 Å². The second-order valence-electron chi connectivity index (χ2n) is 5.75. The predicted molar refractivity (Wildman–Crippen MR) is 71.7 cm³/mol. The molecule has 1 aliphatic carbocycles. The second kappa shape index (κ2) is 6.02. The predicted octanol–water partition coefficient (Wildman–Crippen LogP) is 1.66. The van der Waals surface area contributed by atoms with Crippen molar-refractivity contribution in [3.05, 3.63) is 0 Å². The lowest BCUT2D eigenvalue weighted by Crippen LogP contribution is -2.54. The van der Waals surface area contributed by atoms with Crippen LogP contribution >= 0.6 is 0 Å². The van der Waals surface area contributed by atoms with Gasteiger partial charge in [0.25, 0.3) is 0 Å². The number of nitrogens with zero attached hydrogens (tertiary/aromatic N) is 2. The first kappa shape index (κ1) is 13.8. The highest BCUT2D eigenvalue weighted by atomic mass is 16.4. The lowest BCUT2D eigenvalue weighted by molar-refractivity contribution is -0.143. The van der Waals surface area contributed by atoms with Gasteiger partial charge in [-0.15, -0.1) is 0 Å². The SMILES string of the molecule is CCC1CCCC1N1CCN(C(C)C(=O)O)CC1. The van der Waals surface area contributed by atoms with Crippen LogP contribution in [0.25, 0.3) is 0 Å². The molecule has 4 heteroatoms. The minimum absolute atomic E-state index is 0.335. The summed E-state index contributed by atoms with van der Waals surface area (Å²) in [7, 11) is 0. The molecule has 18 heavy (non-hydrogen) atoms. The van der Waals surface area contributed by atoms with Gasteiger partial charge in [-0.1, -0.05) is 19.8 Å². The van der Waals surface area contributed by atoms with Crippen LogP contribution in [0.2, 0.25) is 0 Å². The van der Waals surface area contributed by atoms with E-state index < -0.39 is 5.97 Å². The summed E-state index contributed by atoms with van der Waals surface area (Å²) in [6, 6.07) is 0.426. The monoisotopic (exact) mass is 254 g/mol. The molecule has 2 rings (SSSR count). The topological polar surface area (TPSA) is 43.8 Å². The van der Waals surface area contributed by atoms with Gasteiger partial charge >= 0.3 is 5.97 Å². The summed E-state index contributed by atoms with van der Waals surface area (Å²) in [6.07, 6.45) is 5.38. The minimum Gasteiger partial charge on any atom is -0.480 e. The molecular weight excluding hydrogens is 228 g/mol. The van der Waals surface area contributed by atoms with Crippen molar-refractivity contribution in [1.82, 2.24) is 9.80 Å². The van der Waals surface area contributed by atoms with Crippen LogP contribution in [0.1, 0.15) is 39.5 Å². The lowest BCUT2D eigenvalue weighted by Gasteiger charge is -2.41. The third kappa shape index (κ3) is 2.86. The van der Waals surface area contributed by atoms with Crippen LogP contribution in [-0.4, -0.2) is 59.1 Å². The smallest absolute Gasteiger partial charge is 0.320 e. The zero-order valence-corrected chi connectivity index (χ0v) is 11.6. The van der Waals surface area contributed by atoms with Gasteiger partial charge in [0.2, 0.25) is 0 Å². The summed E-state index contributed by atoms with van der Waals surface area (Å²) >= 11 is 0. The van der Waals surface area contributed by atoms with E-state index >= 15 is 0 Å². The quantitative estimate of drug-likeness (QED) is 0.828. The first-order chi connectivity index (χ1) is 8.63. The lowest BCUT2D eigenvalue weighted by atomic mass is 9.98. The van der Waals surface area contributed by atoms with Gasteiger partial charge in [0.05, 0.1) is 0 Å². The molecule has 2 aliphatic rings. The van der Waals surface area contributed by atoms with E-state index in [1.807, 2.05) is 0 Å². The van der Waals surface area contributed by atoms with E-state index in [1.165, 1.54) is 25.7 Å². The number of rotatable bonds is 4. The molecule has 1 saturated heterocycles. The molecule has 1 aliphatic heterocycles. The van der Waals surface area contributed by atoms with Gasteiger partial charge < -0.3 is 5.11 Å². The Morgan fingerprint density at radius 2 is 1.94 bits per heavy atom. The van der Waals surface area contributed by atoms with E-state index in [4.69, 9.17) is 5.11 Å². The van der Waals surface area contributed by atoms with Crippen molar-refractivity contribution in [2.75, 3.05) is 26.2 Å².